The van der Waals surface area contributed by atoms with E-state index in [0.29, 0.717) is 28.2 Å². The van der Waals surface area contributed by atoms with E-state index < -0.39 is 0 Å². The lowest BCUT2D eigenvalue weighted by atomic mass is 10.1. The molecule has 2 N–H and O–H groups in total. The van der Waals surface area contributed by atoms with Crippen molar-refractivity contribution in [1.82, 2.24) is 15.3 Å². The van der Waals surface area contributed by atoms with Gasteiger partial charge in [-0.2, -0.15) is 0 Å². The van der Waals surface area contributed by atoms with Gasteiger partial charge in [0.15, 0.2) is 0 Å². The molecule has 2 aromatic heterocycles. The van der Waals surface area contributed by atoms with Crippen molar-refractivity contribution in [3.05, 3.63) is 17.7 Å². The van der Waals surface area contributed by atoms with Gasteiger partial charge >= 0.3 is 0 Å². The van der Waals surface area contributed by atoms with Crippen LogP contribution in [0.2, 0.25) is 0 Å². The maximum absolute atomic E-state index is 12.6. The molecule has 118 valence electrons. The summed E-state index contributed by atoms with van der Waals surface area (Å²) in [5, 5.41) is 7.06. The number of anilines is 1. The molecule has 0 atom stereocenters. The fourth-order valence-corrected chi connectivity index (χ4v) is 2.41. The van der Waals surface area contributed by atoms with E-state index >= 15 is 0 Å². The number of nitrogens with zero attached hydrogens (tertiary/aromatic N) is 2. The van der Waals surface area contributed by atoms with E-state index in [1.165, 1.54) is 6.33 Å². The largest absolute Gasteiger partial charge is 0.442 e. The molecule has 3 rings (SSSR count). The molecule has 0 bridgehead atoms. The average molecular weight is 302 g/mol. The number of rotatable bonds is 3. The molecule has 1 aliphatic rings. The Morgan fingerprint density at radius 1 is 1.32 bits per heavy atom. The molecule has 6 heteroatoms. The molecular formula is C16H22N4O2. The van der Waals surface area contributed by atoms with Gasteiger partial charge in [0, 0.05) is 11.1 Å². The van der Waals surface area contributed by atoms with E-state index in [0.717, 1.165) is 12.8 Å². The van der Waals surface area contributed by atoms with Gasteiger partial charge in [0.25, 0.3) is 5.91 Å². The zero-order chi connectivity index (χ0) is 16.1. The molecule has 22 heavy (non-hydrogen) atoms. The molecule has 1 fully saturated rings. The van der Waals surface area contributed by atoms with Gasteiger partial charge in [-0.15, -0.1) is 0 Å². The second-order valence-electron chi connectivity index (χ2n) is 7.33. The lowest BCUT2D eigenvalue weighted by Gasteiger charge is -2.20. The topological polar surface area (TPSA) is 80.1 Å². The highest BCUT2D eigenvalue weighted by atomic mass is 16.3. The summed E-state index contributed by atoms with van der Waals surface area (Å²) in [5.41, 5.74) is 0.693. The number of carbonyl (C=O) groups excluding carboxylic acids is 1. The van der Waals surface area contributed by atoms with Crippen LogP contribution >= 0.6 is 0 Å². The van der Waals surface area contributed by atoms with Crippen LogP contribution in [0.4, 0.5) is 5.82 Å². The zero-order valence-corrected chi connectivity index (χ0v) is 13.7. The fourth-order valence-electron chi connectivity index (χ4n) is 2.41. The predicted octanol–water partition coefficient (Wildman–Crippen LogP) is 3.02. The predicted molar refractivity (Wildman–Crippen MR) is 85.0 cm³/mol. The van der Waals surface area contributed by atoms with Gasteiger partial charge in [0.05, 0.1) is 10.9 Å². The van der Waals surface area contributed by atoms with Crippen LogP contribution in [-0.2, 0) is 0 Å². The van der Waals surface area contributed by atoms with Crippen molar-refractivity contribution in [2.45, 2.75) is 58.5 Å². The highest BCUT2D eigenvalue weighted by molar-refractivity contribution is 6.10. The molecule has 1 amide bonds. The maximum atomic E-state index is 12.6. The Morgan fingerprint density at radius 2 is 2.00 bits per heavy atom. The van der Waals surface area contributed by atoms with Crippen molar-refractivity contribution in [2.75, 3.05) is 5.32 Å². The van der Waals surface area contributed by atoms with Crippen LogP contribution in [0.5, 0.6) is 0 Å². The maximum Gasteiger partial charge on any atom is 0.256 e. The number of aromatic nitrogens is 2. The van der Waals surface area contributed by atoms with E-state index in [4.69, 9.17) is 4.42 Å². The van der Waals surface area contributed by atoms with Crippen LogP contribution in [0.1, 0.15) is 56.7 Å². The molecule has 1 saturated carbocycles. The first-order valence-electron chi connectivity index (χ1n) is 7.53. The standard InChI is InChI=1S/C16H22N4O2/c1-9-10(13(21)20-15(2,3)4)11-12(19-16(5)6-7-16)17-8-18-14(11)22-9/h8H,6-7H2,1-5H3,(H,20,21)(H,17,18,19). The third-order valence-electron chi connectivity index (χ3n) is 3.80. The van der Waals surface area contributed by atoms with Crippen molar-refractivity contribution < 1.29 is 9.21 Å². The van der Waals surface area contributed by atoms with Crippen LogP contribution in [0.3, 0.4) is 0 Å². The second-order valence-corrected chi connectivity index (χ2v) is 7.33. The van der Waals surface area contributed by atoms with Crippen molar-refractivity contribution in [2.24, 2.45) is 0 Å². The SMILES string of the molecule is Cc1oc2ncnc(NC3(C)CC3)c2c1C(=O)NC(C)(C)C. The minimum Gasteiger partial charge on any atom is -0.442 e. The molecule has 0 spiro atoms. The van der Waals surface area contributed by atoms with Gasteiger partial charge in [-0.05, 0) is 47.5 Å². The molecule has 2 aromatic rings. The Bertz CT molecular complexity index is 738. The molecule has 0 unspecified atom stereocenters. The fraction of sp³-hybridized carbons (Fsp3) is 0.562. The van der Waals surface area contributed by atoms with Gasteiger partial charge < -0.3 is 15.1 Å². The second kappa shape index (κ2) is 4.69. The molecule has 6 nitrogen and oxygen atoms in total. The van der Waals surface area contributed by atoms with Gasteiger partial charge in [-0.1, -0.05) is 0 Å². The lowest BCUT2D eigenvalue weighted by Crippen LogP contribution is -2.40. The molecular weight excluding hydrogens is 280 g/mol. The Hall–Kier alpha value is -2.11. The van der Waals surface area contributed by atoms with E-state index in [1.807, 2.05) is 20.8 Å². The number of carbonyl (C=O) groups is 1. The summed E-state index contributed by atoms with van der Waals surface area (Å²) in [5.74, 6) is 1.06. The van der Waals surface area contributed by atoms with Gasteiger partial charge in [-0.25, -0.2) is 9.97 Å². The monoisotopic (exact) mass is 302 g/mol. The Kier molecular flexibility index (Phi) is 3.16. The first-order chi connectivity index (χ1) is 10.2. The highest BCUT2D eigenvalue weighted by Crippen LogP contribution is 2.40. The molecule has 0 aromatic carbocycles. The number of nitrogens with one attached hydrogen (secondary N) is 2. The van der Waals surface area contributed by atoms with Gasteiger partial charge in [0.1, 0.15) is 17.9 Å². The third kappa shape index (κ3) is 2.77. The van der Waals surface area contributed by atoms with E-state index in [9.17, 15) is 4.79 Å². The highest BCUT2D eigenvalue weighted by Gasteiger charge is 2.38. The molecule has 0 aliphatic heterocycles. The molecule has 0 radical (unpaired) electrons. The first kappa shape index (κ1) is 14.8. The first-order valence-corrected chi connectivity index (χ1v) is 7.53. The van der Waals surface area contributed by atoms with Crippen molar-refractivity contribution in [3.8, 4) is 0 Å². The Balaban J connectivity index is 2.08. The van der Waals surface area contributed by atoms with Crippen LogP contribution in [0, 0.1) is 6.92 Å². The minimum absolute atomic E-state index is 0.0598. The number of furan rings is 1. The number of amides is 1. The normalized spacial score (nSPS) is 16.6. The minimum atomic E-state index is -0.321. The molecule has 1 aliphatic carbocycles. The average Bonchev–Trinajstić information content (AvgIpc) is 2.97. The summed E-state index contributed by atoms with van der Waals surface area (Å²) in [6, 6.07) is 0. The van der Waals surface area contributed by atoms with Gasteiger partial charge in [-0.3, -0.25) is 4.79 Å². The van der Waals surface area contributed by atoms with Crippen LogP contribution < -0.4 is 10.6 Å². The Labute approximate surface area is 129 Å². The summed E-state index contributed by atoms with van der Waals surface area (Å²) in [4.78, 5) is 21.1. The molecule has 0 saturated heterocycles. The third-order valence-corrected chi connectivity index (χ3v) is 3.80. The summed E-state index contributed by atoms with van der Waals surface area (Å²) < 4.78 is 5.66. The van der Waals surface area contributed by atoms with Crippen LogP contribution in [0.25, 0.3) is 11.1 Å². The van der Waals surface area contributed by atoms with E-state index in [-0.39, 0.29) is 17.0 Å². The quantitative estimate of drug-likeness (QED) is 0.911. The van der Waals surface area contributed by atoms with E-state index in [2.05, 4.69) is 27.5 Å². The number of fused-ring (bicyclic) bond motifs is 1. The summed E-state index contributed by atoms with van der Waals surface area (Å²) in [6.45, 7) is 9.76. The zero-order valence-electron chi connectivity index (χ0n) is 13.7. The van der Waals surface area contributed by atoms with Crippen LogP contribution in [0.15, 0.2) is 10.7 Å². The van der Waals surface area contributed by atoms with Crippen molar-refractivity contribution >= 4 is 22.8 Å². The van der Waals surface area contributed by atoms with Crippen LogP contribution in [-0.4, -0.2) is 27.0 Å². The number of hydrogen-bond acceptors (Lipinski definition) is 5. The number of aryl methyl sites for hydroxylation is 1. The van der Waals surface area contributed by atoms with E-state index in [1.54, 1.807) is 6.92 Å². The summed E-state index contributed by atoms with van der Waals surface area (Å²) >= 11 is 0. The van der Waals surface area contributed by atoms with Crippen molar-refractivity contribution in [3.63, 3.8) is 0 Å². The van der Waals surface area contributed by atoms with Gasteiger partial charge in [0.2, 0.25) is 5.71 Å². The van der Waals surface area contributed by atoms with Crippen molar-refractivity contribution in [1.29, 1.82) is 0 Å². The smallest absolute Gasteiger partial charge is 0.256 e. The Morgan fingerprint density at radius 3 is 2.59 bits per heavy atom. The number of hydrogen-bond donors (Lipinski definition) is 2. The molecule has 2 heterocycles. The summed E-state index contributed by atoms with van der Waals surface area (Å²) in [6.07, 6.45) is 3.66. The lowest BCUT2D eigenvalue weighted by molar-refractivity contribution is 0.0919. The summed E-state index contributed by atoms with van der Waals surface area (Å²) in [7, 11) is 0.